The van der Waals surface area contributed by atoms with E-state index in [4.69, 9.17) is 9.26 Å². The molecule has 0 radical (unpaired) electrons. The van der Waals surface area contributed by atoms with E-state index in [2.05, 4.69) is 32.3 Å². The normalized spacial score (nSPS) is 18.9. The number of aliphatic hydroxyl groups excluding tert-OH is 1. The summed E-state index contributed by atoms with van der Waals surface area (Å²) in [6.07, 6.45) is 0.815. The number of hydrogen-bond donors (Lipinski definition) is 2. The Hall–Kier alpha value is -3.43. The van der Waals surface area contributed by atoms with Crippen molar-refractivity contribution in [1.82, 2.24) is 15.0 Å². The first-order chi connectivity index (χ1) is 17.4. The molecule has 1 fully saturated rings. The van der Waals surface area contributed by atoms with Gasteiger partial charge < -0.3 is 29.5 Å². The average Bonchev–Trinajstić information content (AvgIpc) is 3.38. The van der Waals surface area contributed by atoms with E-state index >= 15 is 0 Å². The van der Waals surface area contributed by atoms with Crippen molar-refractivity contribution in [3.63, 3.8) is 0 Å². The third kappa shape index (κ3) is 5.08. The fourth-order valence-electron chi connectivity index (χ4n) is 4.66. The number of likely N-dealkylation sites (N-methyl/N-ethyl adjacent to an activating group) is 1. The molecule has 2 unspecified atom stereocenters. The third-order valence-corrected chi connectivity index (χ3v) is 6.90. The molecular weight excluding hydrogens is 458 g/mol. The molecule has 1 aromatic heterocycles. The van der Waals surface area contributed by atoms with Crippen LogP contribution in [0.5, 0.6) is 5.75 Å². The van der Waals surface area contributed by atoms with Gasteiger partial charge in [0.25, 0.3) is 5.91 Å². The standard InChI is InChI=1S/C27H33N5O4/c1-4-24-29-26(30-36-24)18-5-8-21(9-6-18)28-27(34)23-10-7-19-15-20(17(2)33)16-22(25(19)35-23)32-13-11-31(3)12-14-32/h5-6,8-9,15-17,23,33H,4,7,10-14H2,1-3H3,(H,28,34). The predicted octanol–water partition coefficient (Wildman–Crippen LogP) is 3.44. The van der Waals surface area contributed by atoms with Gasteiger partial charge in [-0.1, -0.05) is 12.1 Å². The average molecular weight is 492 g/mol. The number of nitrogens with one attached hydrogen (secondary N) is 1. The molecular formula is C27H33N5O4. The van der Waals surface area contributed by atoms with E-state index < -0.39 is 12.2 Å². The van der Waals surface area contributed by atoms with E-state index in [9.17, 15) is 9.90 Å². The Morgan fingerprint density at radius 2 is 1.94 bits per heavy atom. The second kappa shape index (κ2) is 10.3. The minimum absolute atomic E-state index is 0.176. The first-order valence-corrected chi connectivity index (χ1v) is 12.6. The fraction of sp³-hybridized carbons (Fsp3) is 0.444. The highest BCUT2D eigenvalue weighted by Crippen LogP contribution is 2.40. The van der Waals surface area contributed by atoms with Gasteiger partial charge in [-0.3, -0.25) is 4.79 Å². The molecule has 9 nitrogen and oxygen atoms in total. The maximum atomic E-state index is 13.1. The van der Waals surface area contributed by atoms with Crippen LogP contribution in [0.2, 0.25) is 0 Å². The highest BCUT2D eigenvalue weighted by atomic mass is 16.5. The number of benzene rings is 2. The number of carbonyl (C=O) groups is 1. The van der Waals surface area contributed by atoms with Crippen molar-refractivity contribution < 1.29 is 19.2 Å². The number of rotatable bonds is 6. The summed E-state index contributed by atoms with van der Waals surface area (Å²) < 4.78 is 11.5. The summed E-state index contributed by atoms with van der Waals surface area (Å²) in [7, 11) is 2.12. The van der Waals surface area contributed by atoms with Gasteiger partial charge in [0.2, 0.25) is 11.7 Å². The second-order valence-electron chi connectivity index (χ2n) is 9.57. The first-order valence-electron chi connectivity index (χ1n) is 12.6. The minimum Gasteiger partial charge on any atom is -0.478 e. The van der Waals surface area contributed by atoms with Crippen molar-refractivity contribution in [3.05, 3.63) is 53.4 Å². The van der Waals surface area contributed by atoms with Gasteiger partial charge in [-0.2, -0.15) is 4.98 Å². The van der Waals surface area contributed by atoms with Crippen LogP contribution in [-0.4, -0.2) is 65.4 Å². The number of nitrogens with zero attached hydrogens (tertiary/aromatic N) is 4. The molecule has 3 heterocycles. The molecule has 2 aromatic carbocycles. The Morgan fingerprint density at radius 1 is 1.19 bits per heavy atom. The molecule has 1 saturated heterocycles. The Bertz CT molecular complexity index is 1220. The zero-order valence-corrected chi connectivity index (χ0v) is 21.0. The summed E-state index contributed by atoms with van der Waals surface area (Å²) in [5.74, 6) is 1.71. The van der Waals surface area contributed by atoms with E-state index in [1.54, 1.807) is 6.92 Å². The number of aryl methyl sites for hydroxylation is 2. The van der Waals surface area contributed by atoms with Crippen molar-refractivity contribution >= 4 is 17.3 Å². The number of carbonyl (C=O) groups excluding carboxylic acids is 1. The van der Waals surface area contributed by atoms with Crippen molar-refractivity contribution in [3.8, 4) is 17.1 Å². The van der Waals surface area contributed by atoms with Gasteiger partial charge in [0, 0.05) is 43.9 Å². The quantitative estimate of drug-likeness (QED) is 0.541. The number of hydrogen-bond acceptors (Lipinski definition) is 8. The summed E-state index contributed by atoms with van der Waals surface area (Å²) >= 11 is 0. The molecule has 5 rings (SSSR count). The summed E-state index contributed by atoms with van der Waals surface area (Å²) in [5.41, 5.74) is 4.39. The molecule has 2 N–H and O–H groups in total. The van der Waals surface area contributed by atoms with Gasteiger partial charge >= 0.3 is 0 Å². The number of ether oxygens (including phenoxy) is 1. The SMILES string of the molecule is CCc1nc(-c2ccc(NC(=O)C3CCc4cc(C(C)O)cc(N5CCN(C)CC5)c4O3)cc2)no1. The zero-order chi connectivity index (χ0) is 25.2. The lowest BCUT2D eigenvalue weighted by molar-refractivity contribution is -0.123. The van der Waals surface area contributed by atoms with Crippen LogP contribution < -0.4 is 15.0 Å². The van der Waals surface area contributed by atoms with E-state index in [-0.39, 0.29) is 5.91 Å². The maximum absolute atomic E-state index is 13.1. The second-order valence-corrected chi connectivity index (χ2v) is 9.57. The number of aliphatic hydroxyl groups is 1. The summed E-state index contributed by atoms with van der Waals surface area (Å²) in [6.45, 7) is 7.40. The molecule has 2 aliphatic heterocycles. The van der Waals surface area contributed by atoms with Gasteiger partial charge in [0.1, 0.15) is 5.75 Å². The van der Waals surface area contributed by atoms with Crippen LogP contribution in [0.1, 0.15) is 43.4 Å². The third-order valence-electron chi connectivity index (χ3n) is 6.90. The van der Waals surface area contributed by atoms with E-state index in [0.717, 1.165) is 54.3 Å². The van der Waals surface area contributed by atoms with E-state index in [1.807, 2.05) is 43.3 Å². The lowest BCUT2D eigenvalue weighted by Crippen LogP contribution is -2.45. The maximum Gasteiger partial charge on any atom is 0.265 e. The molecule has 0 saturated carbocycles. The van der Waals surface area contributed by atoms with Crippen LogP contribution in [0.25, 0.3) is 11.4 Å². The molecule has 1 amide bonds. The van der Waals surface area contributed by atoms with E-state index in [1.165, 1.54) is 0 Å². The van der Waals surface area contributed by atoms with Gasteiger partial charge in [0.05, 0.1) is 11.8 Å². The summed E-state index contributed by atoms with van der Waals surface area (Å²) in [4.78, 5) is 22.1. The highest BCUT2D eigenvalue weighted by molar-refractivity contribution is 5.95. The largest absolute Gasteiger partial charge is 0.478 e. The van der Waals surface area contributed by atoms with Gasteiger partial charge in [-0.25, -0.2) is 0 Å². The molecule has 2 atom stereocenters. The predicted molar refractivity (Wildman–Crippen MR) is 137 cm³/mol. The number of piperazine rings is 1. The van der Waals surface area contributed by atoms with Crippen molar-refractivity contribution in [2.45, 2.75) is 45.3 Å². The van der Waals surface area contributed by atoms with Gasteiger partial charge in [-0.15, -0.1) is 0 Å². The fourth-order valence-corrected chi connectivity index (χ4v) is 4.66. The number of aromatic nitrogens is 2. The Labute approximate surface area is 211 Å². The van der Waals surface area contributed by atoms with Crippen LogP contribution in [0, 0.1) is 0 Å². The number of anilines is 2. The van der Waals surface area contributed by atoms with Crippen molar-refractivity contribution in [1.29, 1.82) is 0 Å². The van der Waals surface area contributed by atoms with Crippen LogP contribution in [0.3, 0.4) is 0 Å². The molecule has 2 aliphatic rings. The highest BCUT2D eigenvalue weighted by Gasteiger charge is 2.31. The van der Waals surface area contributed by atoms with Crippen molar-refractivity contribution in [2.24, 2.45) is 0 Å². The Kier molecular flexibility index (Phi) is 6.93. The molecule has 9 heteroatoms. The molecule has 36 heavy (non-hydrogen) atoms. The van der Waals surface area contributed by atoms with Crippen LogP contribution in [0.4, 0.5) is 11.4 Å². The minimum atomic E-state index is -0.592. The lowest BCUT2D eigenvalue weighted by atomic mass is 9.96. The first kappa shape index (κ1) is 24.3. The Balaban J connectivity index is 1.31. The topological polar surface area (TPSA) is 104 Å². The van der Waals surface area contributed by atoms with Crippen LogP contribution in [0.15, 0.2) is 40.9 Å². The smallest absolute Gasteiger partial charge is 0.265 e. The Morgan fingerprint density at radius 3 is 2.61 bits per heavy atom. The molecule has 0 spiro atoms. The number of amides is 1. The molecule has 3 aromatic rings. The van der Waals surface area contributed by atoms with Crippen LogP contribution >= 0.6 is 0 Å². The van der Waals surface area contributed by atoms with Gasteiger partial charge in [0.15, 0.2) is 6.10 Å². The molecule has 190 valence electrons. The van der Waals surface area contributed by atoms with Crippen LogP contribution in [-0.2, 0) is 17.6 Å². The van der Waals surface area contributed by atoms with Crippen molar-refractivity contribution in [2.75, 3.05) is 43.4 Å². The zero-order valence-electron chi connectivity index (χ0n) is 21.0. The molecule has 0 aliphatic carbocycles. The van der Waals surface area contributed by atoms with E-state index in [0.29, 0.717) is 36.7 Å². The summed E-state index contributed by atoms with van der Waals surface area (Å²) in [6, 6.07) is 11.4. The number of fused-ring (bicyclic) bond motifs is 1. The monoisotopic (exact) mass is 491 g/mol. The summed E-state index contributed by atoms with van der Waals surface area (Å²) in [5, 5.41) is 17.2. The lowest BCUT2D eigenvalue weighted by Gasteiger charge is -2.37. The van der Waals surface area contributed by atoms with Gasteiger partial charge in [-0.05, 0) is 74.3 Å². The molecule has 0 bridgehead atoms.